The number of aryl methyl sites for hydroxylation is 1. The van der Waals surface area contributed by atoms with Gasteiger partial charge < -0.3 is 14.9 Å². The van der Waals surface area contributed by atoms with Gasteiger partial charge in [-0.3, -0.25) is 19.7 Å². The Labute approximate surface area is 157 Å². The van der Waals surface area contributed by atoms with E-state index in [-0.39, 0.29) is 31.4 Å². The third-order valence-corrected chi connectivity index (χ3v) is 5.35. The van der Waals surface area contributed by atoms with Gasteiger partial charge in [0.1, 0.15) is 6.04 Å². The Morgan fingerprint density at radius 1 is 1.30 bits per heavy atom. The van der Waals surface area contributed by atoms with Gasteiger partial charge in [0.05, 0.1) is 11.8 Å². The van der Waals surface area contributed by atoms with Crippen LogP contribution in [0.3, 0.4) is 0 Å². The van der Waals surface area contributed by atoms with Crippen LogP contribution in [-0.2, 0) is 20.9 Å². The zero-order valence-corrected chi connectivity index (χ0v) is 15.3. The number of hydrogen-bond donors (Lipinski definition) is 2. The molecule has 3 rings (SSSR count). The average Bonchev–Trinajstić information content (AvgIpc) is 2.64. The number of hydrogen-bond acceptors (Lipinski definition) is 5. The fourth-order valence-electron chi connectivity index (χ4n) is 3.65. The van der Waals surface area contributed by atoms with Gasteiger partial charge in [0, 0.05) is 31.6 Å². The lowest BCUT2D eigenvalue weighted by molar-refractivity contribution is -0.141. The normalized spacial score (nSPS) is 21.1. The van der Waals surface area contributed by atoms with Crippen LogP contribution in [0.25, 0.3) is 0 Å². The van der Waals surface area contributed by atoms with Crippen molar-refractivity contribution < 1.29 is 23.9 Å². The third kappa shape index (κ3) is 4.10. The van der Waals surface area contributed by atoms with E-state index in [1.807, 2.05) is 4.90 Å². The van der Waals surface area contributed by atoms with Crippen molar-refractivity contribution in [1.82, 2.24) is 10.2 Å². The first-order chi connectivity index (χ1) is 12.9. The molecule has 0 radical (unpaired) electrons. The van der Waals surface area contributed by atoms with Gasteiger partial charge in [0.25, 0.3) is 0 Å². The van der Waals surface area contributed by atoms with Crippen LogP contribution in [0.5, 0.6) is 0 Å². The van der Waals surface area contributed by atoms with Crippen LogP contribution in [0.15, 0.2) is 12.1 Å². The second-order valence-corrected chi connectivity index (χ2v) is 7.16. The molecule has 1 unspecified atom stereocenters. The predicted octanol–water partition coefficient (Wildman–Crippen LogP) is 0.859. The second kappa shape index (κ2) is 8.04. The molecule has 2 saturated heterocycles. The van der Waals surface area contributed by atoms with Crippen molar-refractivity contribution in [2.24, 2.45) is 0 Å². The van der Waals surface area contributed by atoms with Crippen molar-refractivity contribution >= 4 is 23.9 Å². The van der Waals surface area contributed by atoms with Crippen LogP contribution in [0, 0.1) is 12.7 Å². The summed E-state index contributed by atoms with van der Waals surface area (Å²) in [6.45, 7) is 2.84. The lowest BCUT2D eigenvalue weighted by atomic mass is 10.0. The first-order valence-electron chi connectivity index (χ1n) is 9.16. The molecule has 2 fully saturated rings. The summed E-state index contributed by atoms with van der Waals surface area (Å²) in [6, 6.07) is 2.72. The number of rotatable bonds is 5. The lowest BCUT2D eigenvalue weighted by Gasteiger charge is -2.33. The summed E-state index contributed by atoms with van der Waals surface area (Å²) in [5, 5.41) is 11.9. The largest absolute Gasteiger partial charge is 0.393 e. The second-order valence-electron chi connectivity index (χ2n) is 7.16. The summed E-state index contributed by atoms with van der Waals surface area (Å²) < 4.78 is 15.2. The smallest absolute Gasteiger partial charge is 0.249 e. The van der Waals surface area contributed by atoms with Crippen LogP contribution in [0.4, 0.5) is 10.1 Å². The molecule has 146 valence electrons. The van der Waals surface area contributed by atoms with Crippen molar-refractivity contribution in [3.05, 3.63) is 29.1 Å². The van der Waals surface area contributed by atoms with Gasteiger partial charge in [0.15, 0.2) is 5.82 Å². The summed E-state index contributed by atoms with van der Waals surface area (Å²) in [4.78, 5) is 38.1. The summed E-state index contributed by atoms with van der Waals surface area (Å²) >= 11 is 0. The SMILES string of the molecule is Cc1ccc(N2CCC(O)CC2)c(F)c1CN(C=O)C1CCC(=O)NC1=O. The van der Waals surface area contributed by atoms with Crippen LogP contribution in [0.2, 0.25) is 0 Å². The van der Waals surface area contributed by atoms with Crippen molar-refractivity contribution in [3.63, 3.8) is 0 Å². The number of piperidine rings is 2. The third-order valence-electron chi connectivity index (χ3n) is 5.35. The zero-order chi connectivity index (χ0) is 19.6. The maximum atomic E-state index is 15.2. The average molecular weight is 377 g/mol. The number of anilines is 1. The molecule has 2 N–H and O–H groups in total. The van der Waals surface area contributed by atoms with Crippen molar-refractivity contribution in [2.75, 3.05) is 18.0 Å². The monoisotopic (exact) mass is 377 g/mol. The minimum absolute atomic E-state index is 0.0439. The topological polar surface area (TPSA) is 89.9 Å². The number of amides is 3. The van der Waals surface area contributed by atoms with Gasteiger partial charge in [0.2, 0.25) is 18.2 Å². The van der Waals surface area contributed by atoms with E-state index in [0.29, 0.717) is 49.2 Å². The van der Waals surface area contributed by atoms with Gasteiger partial charge in [-0.2, -0.15) is 0 Å². The van der Waals surface area contributed by atoms with E-state index in [4.69, 9.17) is 0 Å². The fraction of sp³-hybridized carbons (Fsp3) is 0.526. The zero-order valence-electron chi connectivity index (χ0n) is 15.3. The van der Waals surface area contributed by atoms with Crippen LogP contribution in [-0.4, -0.2) is 53.5 Å². The molecule has 2 heterocycles. The Kier molecular flexibility index (Phi) is 5.74. The van der Waals surface area contributed by atoms with E-state index >= 15 is 4.39 Å². The number of carbonyl (C=O) groups excluding carboxylic acids is 3. The molecule has 7 nitrogen and oxygen atoms in total. The van der Waals surface area contributed by atoms with E-state index in [1.165, 1.54) is 4.90 Å². The summed E-state index contributed by atoms with van der Waals surface area (Å²) in [6.07, 6.45) is 1.72. The fourth-order valence-corrected chi connectivity index (χ4v) is 3.65. The van der Waals surface area contributed by atoms with E-state index in [2.05, 4.69) is 5.32 Å². The Bertz CT molecular complexity index is 747. The van der Waals surface area contributed by atoms with Gasteiger partial charge in [-0.15, -0.1) is 0 Å². The first-order valence-corrected chi connectivity index (χ1v) is 9.16. The van der Waals surface area contributed by atoms with Gasteiger partial charge in [-0.05, 0) is 37.8 Å². The quantitative estimate of drug-likeness (QED) is 0.587. The molecule has 0 aliphatic carbocycles. The highest BCUT2D eigenvalue weighted by atomic mass is 19.1. The summed E-state index contributed by atoms with van der Waals surface area (Å²) in [7, 11) is 0. The highest BCUT2D eigenvalue weighted by Gasteiger charge is 2.32. The Hall–Kier alpha value is -2.48. The maximum Gasteiger partial charge on any atom is 0.249 e. The highest BCUT2D eigenvalue weighted by Crippen LogP contribution is 2.29. The van der Waals surface area contributed by atoms with Crippen molar-refractivity contribution in [1.29, 1.82) is 0 Å². The van der Waals surface area contributed by atoms with Crippen molar-refractivity contribution in [2.45, 2.75) is 51.3 Å². The molecule has 2 aliphatic rings. The maximum absolute atomic E-state index is 15.2. The molecule has 1 aromatic rings. The molecule has 3 amide bonds. The number of halogens is 1. The van der Waals surface area contributed by atoms with Crippen molar-refractivity contribution in [3.8, 4) is 0 Å². The predicted molar refractivity (Wildman–Crippen MR) is 96.4 cm³/mol. The number of carbonyl (C=O) groups is 3. The lowest BCUT2D eigenvalue weighted by Crippen LogP contribution is -2.51. The Balaban J connectivity index is 1.82. The number of nitrogens with one attached hydrogen (secondary N) is 1. The number of nitrogens with zero attached hydrogens (tertiary/aromatic N) is 2. The van der Waals surface area contributed by atoms with Gasteiger partial charge in [-0.1, -0.05) is 6.07 Å². The van der Waals surface area contributed by atoms with Crippen LogP contribution >= 0.6 is 0 Å². The molecule has 8 heteroatoms. The molecule has 2 aliphatic heterocycles. The highest BCUT2D eigenvalue weighted by molar-refractivity contribution is 6.00. The number of aliphatic hydroxyl groups is 1. The minimum Gasteiger partial charge on any atom is -0.393 e. The summed E-state index contributed by atoms with van der Waals surface area (Å²) in [5.41, 5.74) is 1.49. The van der Waals surface area contributed by atoms with E-state index < -0.39 is 17.8 Å². The van der Waals surface area contributed by atoms with E-state index in [9.17, 15) is 19.5 Å². The van der Waals surface area contributed by atoms with Gasteiger partial charge >= 0.3 is 0 Å². The molecular formula is C19H24FN3O4. The van der Waals surface area contributed by atoms with Crippen LogP contribution in [0.1, 0.15) is 36.8 Å². The Morgan fingerprint density at radius 3 is 2.63 bits per heavy atom. The van der Waals surface area contributed by atoms with Gasteiger partial charge in [-0.25, -0.2) is 4.39 Å². The first kappa shape index (κ1) is 19.3. The standard InChI is InChI=1S/C19H24FN3O4/c1-12-2-3-15(22-8-6-13(25)7-9-22)18(20)14(12)10-23(11-24)16-4-5-17(26)21-19(16)27/h2-3,11,13,16,25H,4-10H2,1H3,(H,21,26,27). The number of imide groups is 1. The number of benzene rings is 1. The molecule has 0 spiro atoms. The molecule has 0 saturated carbocycles. The van der Waals surface area contributed by atoms with Crippen LogP contribution < -0.4 is 10.2 Å². The molecule has 0 aromatic heterocycles. The molecule has 27 heavy (non-hydrogen) atoms. The van der Waals surface area contributed by atoms with E-state index in [0.717, 1.165) is 0 Å². The summed E-state index contributed by atoms with van der Waals surface area (Å²) in [5.74, 6) is -1.30. The molecule has 0 bridgehead atoms. The number of aliphatic hydroxyl groups excluding tert-OH is 1. The minimum atomic E-state index is -0.784. The Morgan fingerprint density at radius 2 is 2.00 bits per heavy atom. The molecule has 1 atom stereocenters. The molecular weight excluding hydrogens is 353 g/mol. The van der Waals surface area contributed by atoms with E-state index in [1.54, 1.807) is 19.1 Å². The molecule has 1 aromatic carbocycles.